The highest BCUT2D eigenvalue weighted by Gasteiger charge is 2.12. The first-order valence-corrected chi connectivity index (χ1v) is 3.75. The minimum atomic E-state index is -0.0929. The van der Waals surface area contributed by atoms with Crippen molar-refractivity contribution in [1.29, 1.82) is 10.5 Å². The molecule has 3 nitrogen and oxygen atoms in total. The van der Waals surface area contributed by atoms with E-state index in [0.717, 1.165) is 0 Å². The van der Waals surface area contributed by atoms with Crippen LogP contribution in [0.5, 0.6) is 5.75 Å². The maximum absolute atomic E-state index is 9.46. The van der Waals surface area contributed by atoms with Gasteiger partial charge in [-0.3, -0.25) is 0 Å². The van der Waals surface area contributed by atoms with Gasteiger partial charge in [0.05, 0.1) is 5.56 Å². The zero-order valence-electron chi connectivity index (χ0n) is 7.42. The van der Waals surface area contributed by atoms with Crippen LogP contribution in [0.3, 0.4) is 0 Å². The lowest BCUT2D eigenvalue weighted by atomic mass is 9.99. The number of aryl methyl sites for hydroxylation is 2. The molecule has 1 N–H and O–H groups in total. The fraction of sp³-hybridized carbons (Fsp3) is 0.200. The Morgan fingerprint density at radius 2 is 1.62 bits per heavy atom. The maximum Gasteiger partial charge on any atom is 0.137 e. The van der Waals surface area contributed by atoms with Crippen LogP contribution in [-0.2, 0) is 0 Å². The lowest BCUT2D eigenvalue weighted by Crippen LogP contribution is -1.91. The Morgan fingerprint density at radius 3 is 2.08 bits per heavy atom. The second-order valence-electron chi connectivity index (χ2n) is 2.83. The van der Waals surface area contributed by atoms with E-state index in [4.69, 9.17) is 10.5 Å². The van der Waals surface area contributed by atoms with Crippen molar-refractivity contribution in [3.63, 3.8) is 0 Å². The number of rotatable bonds is 0. The van der Waals surface area contributed by atoms with Gasteiger partial charge in [-0.25, -0.2) is 0 Å². The summed E-state index contributed by atoms with van der Waals surface area (Å²) in [6.07, 6.45) is 0. The van der Waals surface area contributed by atoms with Gasteiger partial charge in [-0.15, -0.1) is 0 Å². The molecule has 0 heterocycles. The Hall–Kier alpha value is -2.00. The maximum atomic E-state index is 9.46. The molecule has 0 atom stereocenters. The van der Waals surface area contributed by atoms with Crippen molar-refractivity contribution >= 4 is 0 Å². The monoisotopic (exact) mass is 172 g/mol. The van der Waals surface area contributed by atoms with E-state index in [0.29, 0.717) is 11.1 Å². The third-order valence-electron chi connectivity index (χ3n) is 1.91. The van der Waals surface area contributed by atoms with Crippen LogP contribution in [0.15, 0.2) is 6.07 Å². The third-order valence-corrected chi connectivity index (χ3v) is 1.91. The Labute approximate surface area is 76.5 Å². The number of nitrogens with zero attached hydrogens (tertiary/aromatic N) is 2. The number of benzene rings is 1. The van der Waals surface area contributed by atoms with Crippen molar-refractivity contribution in [2.24, 2.45) is 0 Å². The van der Waals surface area contributed by atoms with Gasteiger partial charge in [-0.2, -0.15) is 10.5 Å². The van der Waals surface area contributed by atoms with Crippen LogP contribution in [0.4, 0.5) is 0 Å². The fourth-order valence-electron chi connectivity index (χ4n) is 1.23. The van der Waals surface area contributed by atoms with Crippen LogP contribution < -0.4 is 0 Å². The van der Waals surface area contributed by atoms with Gasteiger partial charge in [0.15, 0.2) is 0 Å². The Kier molecular flexibility index (Phi) is 2.21. The molecule has 1 aromatic rings. The SMILES string of the molecule is Cc1cc(C)c(C#N)c(C#N)c1O. The third kappa shape index (κ3) is 1.32. The molecule has 64 valence electrons. The normalized spacial score (nSPS) is 8.92. The molecule has 0 fully saturated rings. The summed E-state index contributed by atoms with van der Waals surface area (Å²) in [6, 6.07) is 5.41. The number of nitriles is 2. The fourth-order valence-corrected chi connectivity index (χ4v) is 1.23. The largest absolute Gasteiger partial charge is 0.506 e. The van der Waals surface area contributed by atoms with Crippen LogP contribution in [0.2, 0.25) is 0 Å². The average molecular weight is 172 g/mol. The van der Waals surface area contributed by atoms with Crippen molar-refractivity contribution in [3.8, 4) is 17.9 Å². The molecular weight excluding hydrogens is 164 g/mol. The van der Waals surface area contributed by atoms with E-state index in [-0.39, 0.29) is 16.9 Å². The minimum Gasteiger partial charge on any atom is -0.506 e. The number of phenolic OH excluding ortho intramolecular Hbond substituents is 1. The van der Waals surface area contributed by atoms with Crippen molar-refractivity contribution in [3.05, 3.63) is 28.3 Å². The predicted octanol–water partition coefficient (Wildman–Crippen LogP) is 1.75. The van der Waals surface area contributed by atoms with Crippen molar-refractivity contribution in [2.45, 2.75) is 13.8 Å². The molecule has 0 spiro atoms. The molecule has 0 aromatic heterocycles. The molecule has 0 aliphatic carbocycles. The van der Waals surface area contributed by atoms with Crippen LogP contribution in [0.1, 0.15) is 22.3 Å². The van der Waals surface area contributed by atoms with E-state index >= 15 is 0 Å². The lowest BCUT2D eigenvalue weighted by Gasteiger charge is -2.05. The molecule has 1 aromatic carbocycles. The molecule has 0 saturated carbocycles. The van der Waals surface area contributed by atoms with E-state index in [9.17, 15) is 5.11 Å². The summed E-state index contributed by atoms with van der Waals surface area (Å²) in [5, 5.41) is 26.9. The van der Waals surface area contributed by atoms with E-state index in [1.165, 1.54) is 0 Å². The second kappa shape index (κ2) is 3.16. The van der Waals surface area contributed by atoms with Gasteiger partial charge < -0.3 is 5.11 Å². The van der Waals surface area contributed by atoms with Gasteiger partial charge >= 0.3 is 0 Å². The molecule has 0 unspecified atom stereocenters. The Balaban J connectivity index is 3.66. The summed E-state index contributed by atoms with van der Waals surface area (Å²) < 4.78 is 0. The number of aromatic hydroxyl groups is 1. The minimum absolute atomic E-state index is 0.0694. The van der Waals surface area contributed by atoms with E-state index in [2.05, 4.69) is 0 Å². The zero-order valence-corrected chi connectivity index (χ0v) is 7.42. The second-order valence-corrected chi connectivity index (χ2v) is 2.83. The van der Waals surface area contributed by atoms with Crippen molar-refractivity contribution in [2.75, 3.05) is 0 Å². The summed E-state index contributed by atoms with van der Waals surface area (Å²) in [6.45, 7) is 3.44. The van der Waals surface area contributed by atoms with Crippen molar-refractivity contribution < 1.29 is 5.11 Å². The number of phenols is 1. The van der Waals surface area contributed by atoms with Gasteiger partial charge in [0.25, 0.3) is 0 Å². The molecular formula is C10H8N2O. The van der Waals surface area contributed by atoms with E-state index < -0.39 is 0 Å². The first-order valence-electron chi connectivity index (χ1n) is 3.75. The zero-order chi connectivity index (χ0) is 10.0. The van der Waals surface area contributed by atoms with Crippen LogP contribution in [-0.4, -0.2) is 5.11 Å². The molecule has 0 aliphatic rings. The molecule has 0 saturated heterocycles. The molecule has 1 rings (SSSR count). The average Bonchev–Trinajstić information content (AvgIpc) is 2.10. The van der Waals surface area contributed by atoms with Gasteiger partial charge in [0.2, 0.25) is 0 Å². The molecule has 0 aliphatic heterocycles. The van der Waals surface area contributed by atoms with Gasteiger partial charge in [0.1, 0.15) is 23.5 Å². The predicted molar refractivity (Wildman–Crippen MR) is 47.0 cm³/mol. The highest BCUT2D eigenvalue weighted by molar-refractivity contribution is 5.59. The van der Waals surface area contributed by atoms with Gasteiger partial charge in [-0.05, 0) is 25.0 Å². The molecule has 0 amide bonds. The van der Waals surface area contributed by atoms with Gasteiger partial charge in [0, 0.05) is 0 Å². The first-order chi connectivity index (χ1) is 6.11. The van der Waals surface area contributed by atoms with Crippen LogP contribution in [0.25, 0.3) is 0 Å². The van der Waals surface area contributed by atoms with E-state index in [1.807, 2.05) is 12.1 Å². The molecule has 0 radical (unpaired) electrons. The topological polar surface area (TPSA) is 67.8 Å². The van der Waals surface area contributed by atoms with Gasteiger partial charge in [-0.1, -0.05) is 6.07 Å². The summed E-state index contributed by atoms with van der Waals surface area (Å²) >= 11 is 0. The van der Waals surface area contributed by atoms with Crippen LogP contribution >= 0.6 is 0 Å². The molecule has 3 heteroatoms. The van der Waals surface area contributed by atoms with E-state index in [1.54, 1.807) is 19.9 Å². The standard InChI is InChI=1S/C10H8N2O/c1-6-3-7(2)10(13)9(5-12)8(6)4-11/h3,13H,1-2H3. The highest BCUT2D eigenvalue weighted by Crippen LogP contribution is 2.26. The summed E-state index contributed by atoms with van der Waals surface area (Å²) in [5.41, 5.74) is 1.66. The lowest BCUT2D eigenvalue weighted by molar-refractivity contribution is 0.469. The number of hydrogen-bond acceptors (Lipinski definition) is 3. The summed E-state index contributed by atoms with van der Waals surface area (Å²) in [7, 11) is 0. The van der Waals surface area contributed by atoms with Crippen LogP contribution in [0, 0.1) is 36.5 Å². The Bertz CT molecular complexity index is 436. The smallest absolute Gasteiger partial charge is 0.137 e. The molecule has 13 heavy (non-hydrogen) atoms. The van der Waals surface area contributed by atoms with Crippen molar-refractivity contribution in [1.82, 2.24) is 0 Å². The highest BCUT2D eigenvalue weighted by atomic mass is 16.3. The quantitative estimate of drug-likeness (QED) is 0.648. The molecule has 0 bridgehead atoms. The number of hydrogen-bond donors (Lipinski definition) is 1. The summed E-state index contributed by atoms with van der Waals surface area (Å²) in [4.78, 5) is 0. The first kappa shape index (κ1) is 9.09. The summed E-state index contributed by atoms with van der Waals surface area (Å²) in [5.74, 6) is -0.0929. The Morgan fingerprint density at radius 1 is 1.08 bits per heavy atom.